The van der Waals surface area contributed by atoms with Gasteiger partial charge < -0.3 is 4.57 Å². The zero-order valence-electron chi connectivity index (χ0n) is 9.52. The van der Waals surface area contributed by atoms with Gasteiger partial charge in [0.15, 0.2) is 5.82 Å². The highest BCUT2D eigenvalue weighted by molar-refractivity contribution is 5.87. The van der Waals surface area contributed by atoms with Crippen molar-refractivity contribution < 1.29 is 4.39 Å². The van der Waals surface area contributed by atoms with Gasteiger partial charge in [0.25, 0.3) is 0 Å². The van der Waals surface area contributed by atoms with Crippen LogP contribution < -0.4 is 0 Å². The molecule has 17 heavy (non-hydrogen) atoms. The average molecular weight is 225 g/mol. The number of fused-ring (bicyclic) bond motifs is 1. The summed E-state index contributed by atoms with van der Waals surface area (Å²) in [4.78, 5) is 0. The molecule has 0 atom stereocenters. The van der Waals surface area contributed by atoms with Gasteiger partial charge in [-0.2, -0.15) is 0 Å². The van der Waals surface area contributed by atoms with Gasteiger partial charge in [-0.1, -0.05) is 42.5 Å². The van der Waals surface area contributed by atoms with E-state index in [-0.39, 0.29) is 5.82 Å². The maximum absolute atomic E-state index is 14.4. The number of aromatic nitrogens is 1. The van der Waals surface area contributed by atoms with Crippen molar-refractivity contribution in [1.29, 1.82) is 0 Å². The van der Waals surface area contributed by atoms with E-state index in [9.17, 15) is 4.39 Å². The number of rotatable bonds is 1. The Labute approximate surface area is 99.1 Å². The molecule has 3 rings (SSSR count). The van der Waals surface area contributed by atoms with Crippen LogP contribution in [0.1, 0.15) is 0 Å². The first-order valence-electron chi connectivity index (χ1n) is 5.57. The predicted molar refractivity (Wildman–Crippen MR) is 68.3 cm³/mol. The predicted octanol–water partition coefficient (Wildman–Crippen LogP) is 3.98. The molecule has 0 aliphatic heterocycles. The number of hydrogen-bond donors (Lipinski definition) is 0. The van der Waals surface area contributed by atoms with E-state index in [0.29, 0.717) is 11.1 Å². The third kappa shape index (κ3) is 1.45. The summed E-state index contributed by atoms with van der Waals surface area (Å²) in [6, 6.07) is 17.2. The smallest absolute Gasteiger partial charge is 0.156 e. The third-order valence-corrected chi connectivity index (χ3v) is 3.09. The Bertz CT molecular complexity index is 629. The summed E-state index contributed by atoms with van der Waals surface area (Å²) < 4.78 is 16.3. The van der Waals surface area contributed by atoms with Crippen molar-refractivity contribution in [2.24, 2.45) is 7.05 Å². The highest BCUT2D eigenvalue weighted by Gasteiger charge is 2.15. The van der Waals surface area contributed by atoms with E-state index in [1.54, 1.807) is 0 Å². The normalized spacial score (nSPS) is 10.9. The van der Waals surface area contributed by atoms with E-state index in [2.05, 4.69) is 0 Å². The molecule has 0 bridgehead atoms. The maximum atomic E-state index is 14.4. The van der Waals surface area contributed by atoms with E-state index < -0.39 is 0 Å². The second kappa shape index (κ2) is 3.74. The van der Waals surface area contributed by atoms with Crippen LogP contribution in [0.15, 0.2) is 54.6 Å². The van der Waals surface area contributed by atoms with E-state index in [1.807, 2.05) is 66.2 Å². The monoisotopic (exact) mass is 225 g/mol. The SMILES string of the molecule is Cn1c(-c2ccccc2)c(F)c2ccccc21. The molecule has 0 spiro atoms. The molecule has 2 aromatic carbocycles. The van der Waals surface area contributed by atoms with Gasteiger partial charge in [-0.15, -0.1) is 0 Å². The van der Waals surface area contributed by atoms with Crippen LogP contribution in [0.2, 0.25) is 0 Å². The molecule has 0 saturated heterocycles. The first-order chi connectivity index (χ1) is 8.29. The molecule has 0 fully saturated rings. The Morgan fingerprint density at radius 1 is 0.882 bits per heavy atom. The van der Waals surface area contributed by atoms with Crippen molar-refractivity contribution in [3.05, 3.63) is 60.4 Å². The van der Waals surface area contributed by atoms with Crippen LogP contribution in [-0.2, 0) is 7.05 Å². The molecule has 0 N–H and O–H groups in total. The van der Waals surface area contributed by atoms with Gasteiger partial charge in [-0.05, 0) is 12.1 Å². The first-order valence-corrected chi connectivity index (χ1v) is 5.57. The lowest BCUT2D eigenvalue weighted by molar-refractivity contribution is 0.638. The lowest BCUT2D eigenvalue weighted by Gasteiger charge is -2.03. The first kappa shape index (κ1) is 10.1. The van der Waals surface area contributed by atoms with Crippen LogP contribution in [0.5, 0.6) is 0 Å². The molecule has 0 radical (unpaired) electrons. The van der Waals surface area contributed by atoms with E-state index in [4.69, 9.17) is 0 Å². The Balaban J connectivity index is 2.38. The van der Waals surface area contributed by atoms with Gasteiger partial charge >= 0.3 is 0 Å². The molecular formula is C15H12FN. The van der Waals surface area contributed by atoms with Crippen molar-refractivity contribution in [3.8, 4) is 11.3 Å². The Kier molecular flexibility index (Phi) is 2.22. The number of para-hydroxylation sites is 1. The van der Waals surface area contributed by atoms with Crippen molar-refractivity contribution in [3.63, 3.8) is 0 Å². The summed E-state index contributed by atoms with van der Waals surface area (Å²) in [6.45, 7) is 0. The standard InChI is InChI=1S/C15H12FN/c1-17-13-10-6-5-9-12(13)14(16)15(17)11-7-3-2-4-8-11/h2-10H,1H3. The van der Waals surface area contributed by atoms with E-state index in [0.717, 1.165) is 11.1 Å². The van der Waals surface area contributed by atoms with Crippen LogP contribution in [0.4, 0.5) is 4.39 Å². The molecule has 0 amide bonds. The minimum absolute atomic E-state index is 0.144. The molecule has 0 aliphatic carbocycles. The van der Waals surface area contributed by atoms with Crippen molar-refractivity contribution >= 4 is 10.9 Å². The maximum Gasteiger partial charge on any atom is 0.156 e. The van der Waals surface area contributed by atoms with Gasteiger partial charge in [0.2, 0.25) is 0 Å². The molecule has 84 valence electrons. The molecule has 0 unspecified atom stereocenters. The van der Waals surface area contributed by atoms with Gasteiger partial charge in [-0.25, -0.2) is 4.39 Å². The van der Waals surface area contributed by atoms with Crippen LogP contribution in [0.25, 0.3) is 22.2 Å². The minimum atomic E-state index is -0.144. The quantitative estimate of drug-likeness (QED) is 0.590. The number of aryl methyl sites for hydroxylation is 1. The fraction of sp³-hybridized carbons (Fsp3) is 0.0667. The number of hydrogen-bond acceptors (Lipinski definition) is 0. The average Bonchev–Trinajstić information content (AvgIpc) is 2.64. The summed E-state index contributed by atoms with van der Waals surface area (Å²) >= 11 is 0. The lowest BCUT2D eigenvalue weighted by atomic mass is 10.1. The molecule has 3 aromatic rings. The highest BCUT2D eigenvalue weighted by atomic mass is 19.1. The fourth-order valence-electron chi connectivity index (χ4n) is 2.26. The highest BCUT2D eigenvalue weighted by Crippen LogP contribution is 2.31. The van der Waals surface area contributed by atoms with E-state index in [1.165, 1.54) is 0 Å². The Morgan fingerprint density at radius 2 is 1.53 bits per heavy atom. The van der Waals surface area contributed by atoms with Gasteiger partial charge in [0.05, 0.1) is 11.2 Å². The number of halogens is 1. The van der Waals surface area contributed by atoms with Crippen LogP contribution >= 0.6 is 0 Å². The topological polar surface area (TPSA) is 4.93 Å². The minimum Gasteiger partial charge on any atom is -0.341 e. The van der Waals surface area contributed by atoms with Crippen LogP contribution in [-0.4, -0.2) is 4.57 Å². The third-order valence-electron chi connectivity index (χ3n) is 3.09. The van der Waals surface area contributed by atoms with Gasteiger partial charge in [-0.3, -0.25) is 0 Å². The molecular weight excluding hydrogens is 213 g/mol. The molecule has 0 saturated carbocycles. The van der Waals surface area contributed by atoms with E-state index >= 15 is 0 Å². The van der Waals surface area contributed by atoms with Crippen LogP contribution in [0.3, 0.4) is 0 Å². The number of benzene rings is 2. The van der Waals surface area contributed by atoms with Crippen molar-refractivity contribution in [1.82, 2.24) is 4.57 Å². The summed E-state index contributed by atoms with van der Waals surface area (Å²) in [5.74, 6) is -0.144. The number of nitrogens with zero attached hydrogens (tertiary/aromatic N) is 1. The second-order valence-electron chi connectivity index (χ2n) is 4.10. The van der Waals surface area contributed by atoms with Gasteiger partial charge in [0, 0.05) is 18.0 Å². The molecule has 0 aliphatic rings. The van der Waals surface area contributed by atoms with Crippen molar-refractivity contribution in [2.45, 2.75) is 0 Å². The largest absolute Gasteiger partial charge is 0.341 e. The van der Waals surface area contributed by atoms with Crippen LogP contribution in [0, 0.1) is 5.82 Å². The Morgan fingerprint density at radius 3 is 2.24 bits per heavy atom. The zero-order chi connectivity index (χ0) is 11.8. The molecule has 1 nitrogen and oxygen atoms in total. The second-order valence-corrected chi connectivity index (χ2v) is 4.10. The summed E-state index contributed by atoms with van der Waals surface area (Å²) in [7, 11) is 1.90. The summed E-state index contributed by atoms with van der Waals surface area (Å²) in [5, 5.41) is 0.675. The lowest BCUT2D eigenvalue weighted by Crippen LogP contribution is -1.92. The zero-order valence-corrected chi connectivity index (χ0v) is 9.52. The van der Waals surface area contributed by atoms with Crippen molar-refractivity contribution in [2.75, 3.05) is 0 Å². The van der Waals surface area contributed by atoms with Gasteiger partial charge in [0.1, 0.15) is 0 Å². The molecule has 2 heteroatoms. The summed E-state index contributed by atoms with van der Waals surface area (Å²) in [6.07, 6.45) is 0. The molecule has 1 aromatic heterocycles. The Hall–Kier alpha value is -2.09. The molecule has 1 heterocycles. The summed E-state index contributed by atoms with van der Waals surface area (Å²) in [5.41, 5.74) is 2.47. The fourth-order valence-corrected chi connectivity index (χ4v) is 2.26.